The van der Waals surface area contributed by atoms with Gasteiger partial charge in [0.05, 0.1) is 17.5 Å². The summed E-state index contributed by atoms with van der Waals surface area (Å²) in [5.74, 6) is 0.762. The third-order valence-electron chi connectivity index (χ3n) is 5.02. The highest BCUT2D eigenvalue weighted by Gasteiger charge is 2.28. The van der Waals surface area contributed by atoms with Crippen LogP contribution in [0.1, 0.15) is 46.8 Å². The Hall–Kier alpha value is -2.10. The Labute approximate surface area is 130 Å². The molecule has 4 heteroatoms. The monoisotopic (exact) mass is 295 g/mol. The van der Waals surface area contributed by atoms with Crippen LogP contribution in [0.2, 0.25) is 0 Å². The average Bonchev–Trinajstić information content (AvgIpc) is 3.18. The van der Waals surface area contributed by atoms with Gasteiger partial charge in [0.2, 0.25) is 0 Å². The van der Waals surface area contributed by atoms with E-state index in [9.17, 15) is 4.79 Å². The van der Waals surface area contributed by atoms with Crippen molar-refractivity contribution in [3.8, 4) is 0 Å². The highest BCUT2D eigenvalue weighted by atomic mass is 16.2. The molecule has 1 amide bonds. The van der Waals surface area contributed by atoms with Gasteiger partial charge < -0.3 is 4.90 Å². The lowest BCUT2D eigenvalue weighted by molar-refractivity contribution is 0.0712. The maximum absolute atomic E-state index is 12.7. The summed E-state index contributed by atoms with van der Waals surface area (Å²) < 4.78 is 1.99. The minimum Gasteiger partial charge on any atom is -0.338 e. The van der Waals surface area contributed by atoms with E-state index in [1.807, 2.05) is 9.58 Å². The molecule has 0 saturated carbocycles. The van der Waals surface area contributed by atoms with Crippen molar-refractivity contribution in [3.63, 3.8) is 0 Å². The number of nitrogens with zero attached hydrogens (tertiary/aromatic N) is 3. The van der Waals surface area contributed by atoms with Crippen molar-refractivity contribution in [1.29, 1.82) is 0 Å². The van der Waals surface area contributed by atoms with E-state index in [1.54, 1.807) is 6.20 Å². The van der Waals surface area contributed by atoms with Crippen LogP contribution in [0.15, 0.2) is 36.5 Å². The summed E-state index contributed by atoms with van der Waals surface area (Å²) >= 11 is 0. The van der Waals surface area contributed by atoms with Crippen LogP contribution in [0, 0.1) is 0 Å². The summed E-state index contributed by atoms with van der Waals surface area (Å²) in [4.78, 5) is 14.7. The van der Waals surface area contributed by atoms with Gasteiger partial charge in [-0.2, -0.15) is 5.10 Å². The van der Waals surface area contributed by atoms with Crippen LogP contribution in [0.3, 0.4) is 0 Å². The predicted molar refractivity (Wildman–Crippen MR) is 84.9 cm³/mol. The van der Waals surface area contributed by atoms with Gasteiger partial charge in [-0.15, -0.1) is 0 Å². The molecule has 114 valence electrons. The van der Waals surface area contributed by atoms with E-state index >= 15 is 0 Å². The highest BCUT2D eigenvalue weighted by molar-refractivity contribution is 5.95. The van der Waals surface area contributed by atoms with Gasteiger partial charge in [-0.25, -0.2) is 0 Å². The van der Waals surface area contributed by atoms with Gasteiger partial charge in [0.25, 0.3) is 5.91 Å². The summed E-state index contributed by atoms with van der Waals surface area (Å²) in [6.45, 7) is 2.66. The zero-order valence-corrected chi connectivity index (χ0v) is 12.7. The van der Waals surface area contributed by atoms with E-state index in [0.29, 0.717) is 5.92 Å². The average molecular weight is 295 g/mol. The molecule has 0 atom stereocenters. The molecule has 1 fully saturated rings. The fourth-order valence-corrected chi connectivity index (χ4v) is 3.75. The highest BCUT2D eigenvalue weighted by Crippen LogP contribution is 2.29. The van der Waals surface area contributed by atoms with Gasteiger partial charge in [0.15, 0.2) is 0 Å². The van der Waals surface area contributed by atoms with Gasteiger partial charge in [-0.1, -0.05) is 30.3 Å². The van der Waals surface area contributed by atoms with Gasteiger partial charge >= 0.3 is 0 Å². The number of likely N-dealkylation sites (tertiary alicyclic amines) is 1. The van der Waals surface area contributed by atoms with Crippen LogP contribution in [0.5, 0.6) is 0 Å². The van der Waals surface area contributed by atoms with Gasteiger partial charge in [0.1, 0.15) is 0 Å². The molecule has 1 saturated heterocycles. The molecular formula is C18H21N3O. The fourth-order valence-electron chi connectivity index (χ4n) is 3.75. The van der Waals surface area contributed by atoms with Crippen LogP contribution < -0.4 is 0 Å². The maximum Gasteiger partial charge on any atom is 0.257 e. The SMILES string of the molecule is O=C(c1cnn2c1CCC2)N1CCC(c2ccccc2)CC1. The number of aromatic nitrogens is 2. The molecule has 0 unspecified atom stereocenters. The minimum atomic E-state index is 0.176. The number of hydrogen-bond donors (Lipinski definition) is 0. The number of hydrogen-bond acceptors (Lipinski definition) is 2. The molecule has 4 rings (SSSR count). The predicted octanol–water partition coefficient (Wildman–Crippen LogP) is 2.85. The molecule has 2 aliphatic heterocycles. The molecule has 1 aromatic carbocycles. The lowest BCUT2D eigenvalue weighted by Gasteiger charge is -2.32. The number of benzene rings is 1. The lowest BCUT2D eigenvalue weighted by Crippen LogP contribution is -2.38. The first-order valence-electron chi connectivity index (χ1n) is 8.22. The van der Waals surface area contributed by atoms with Crippen molar-refractivity contribution in [2.24, 2.45) is 0 Å². The second kappa shape index (κ2) is 5.59. The molecule has 0 N–H and O–H groups in total. The molecule has 2 aliphatic rings. The largest absolute Gasteiger partial charge is 0.338 e. The fraction of sp³-hybridized carbons (Fsp3) is 0.444. The van der Waals surface area contributed by atoms with Crippen molar-refractivity contribution in [3.05, 3.63) is 53.3 Å². The number of piperidine rings is 1. The number of rotatable bonds is 2. The Morgan fingerprint density at radius 3 is 2.64 bits per heavy atom. The zero-order chi connectivity index (χ0) is 14.9. The van der Waals surface area contributed by atoms with Crippen molar-refractivity contribution in [2.75, 3.05) is 13.1 Å². The Balaban J connectivity index is 1.44. The second-order valence-electron chi connectivity index (χ2n) is 6.31. The molecule has 0 bridgehead atoms. The molecule has 0 aliphatic carbocycles. The van der Waals surface area contributed by atoms with Crippen LogP contribution in [0.4, 0.5) is 0 Å². The van der Waals surface area contributed by atoms with E-state index < -0.39 is 0 Å². The molecular weight excluding hydrogens is 274 g/mol. The molecule has 1 aromatic heterocycles. The number of aryl methyl sites for hydroxylation is 1. The van der Waals surface area contributed by atoms with E-state index in [2.05, 4.69) is 35.4 Å². The number of amides is 1. The molecule has 0 radical (unpaired) electrons. The lowest BCUT2D eigenvalue weighted by atomic mass is 9.89. The van der Waals surface area contributed by atoms with Crippen LogP contribution >= 0.6 is 0 Å². The van der Waals surface area contributed by atoms with E-state index in [4.69, 9.17) is 0 Å². The Bertz CT molecular complexity index is 669. The maximum atomic E-state index is 12.7. The molecule has 4 nitrogen and oxygen atoms in total. The smallest absolute Gasteiger partial charge is 0.257 e. The summed E-state index contributed by atoms with van der Waals surface area (Å²) in [5, 5.41) is 4.34. The third-order valence-corrected chi connectivity index (χ3v) is 5.02. The van der Waals surface area contributed by atoms with Gasteiger partial charge in [-0.05, 0) is 37.2 Å². The Morgan fingerprint density at radius 1 is 1.09 bits per heavy atom. The summed E-state index contributed by atoms with van der Waals surface area (Å²) in [7, 11) is 0. The minimum absolute atomic E-state index is 0.176. The van der Waals surface area contributed by atoms with Crippen molar-refractivity contribution >= 4 is 5.91 Å². The number of carbonyl (C=O) groups excluding carboxylic acids is 1. The molecule has 22 heavy (non-hydrogen) atoms. The van der Waals surface area contributed by atoms with Crippen molar-refractivity contribution in [1.82, 2.24) is 14.7 Å². The first-order valence-corrected chi connectivity index (χ1v) is 8.22. The van der Waals surface area contributed by atoms with Crippen LogP contribution in [-0.4, -0.2) is 33.7 Å². The third kappa shape index (κ3) is 2.32. The van der Waals surface area contributed by atoms with E-state index in [-0.39, 0.29) is 5.91 Å². The Morgan fingerprint density at radius 2 is 1.86 bits per heavy atom. The number of fused-ring (bicyclic) bond motifs is 1. The standard InChI is InChI=1S/C18H21N3O/c22-18(16-13-19-21-10-4-7-17(16)21)20-11-8-15(9-12-20)14-5-2-1-3-6-14/h1-3,5-6,13,15H,4,7-12H2. The first kappa shape index (κ1) is 13.6. The molecule has 2 aromatic rings. The van der Waals surface area contributed by atoms with E-state index in [0.717, 1.165) is 56.6 Å². The molecule has 0 spiro atoms. The first-order chi connectivity index (χ1) is 10.8. The summed E-state index contributed by atoms with van der Waals surface area (Å²) in [5.41, 5.74) is 3.37. The van der Waals surface area contributed by atoms with Gasteiger partial charge in [-0.3, -0.25) is 9.48 Å². The van der Waals surface area contributed by atoms with E-state index in [1.165, 1.54) is 5.56 Å². The van der Waals surface area contributed by atoms with Crippen LogP contribution in [-0.2, 0) is 13.0 Å². The van der Waals surface area contributed by atoms with Crippen LogP contribution in [0.25, 0.3) is 0 Å². The normalized spacial score (nSPS) is 18.5. The van der Waals surface area contributed by atoms with Crippen molar-refractivity contribution in [2.45, 2.75) is 38.1 Å². The topological polar surface area (TPSA) is 38.1 Å². The van der Waals surface area contributed by atoms with Crippen molar-refractivity contribution < 1.29 is 4.79 Å². The quantitative estimate of drug-likeness (QED) is 0.854. The van der Waals surface area contributed by atoms with Gasteiger partial charge in [0, 0.05) is 19.6 Å². The zero-order valence-electron chi connectivity index (χ0n) is 12.7. The summed E-state index contributed by atoms with van der Waals surface area (Å²) in [6, 6.07) is 10.7. The number of carbonyl (C=O) groups is 1. The second-order valence-corrected chi connectivity index (χ2v) is 6.31. The molecule has 3 heterocycles. The summed E-state index contributed by atoms with van der Waals surface area (Å²) in [6.07, 6.45) is 5.97. The Kier molecular flexibility index (Phi) is 3.45.